The van der Waals surface area contributed by atoms with E-state index in [1.165, 1.54) is 11.9 Å². The molecule has 0 aromatic rings. The van der Waals surface area contributed by atoms with Gasteiger partial charge >= 0.3 is 12.0 Å². The van der Waals surface area contributed by atoms with Crippen molar-refractivity contribution in [2.24, 2.45) is 5.73 Å². The summed E-state index contributed by atoms with van der Waals surface area (Å²) in [5, 5.41) is 21.6. The van der Waals surface area contributed by atoms with Crippen LogP contribution < -0.4 is 11.1 Å². The average molecular weight is 301 g/mol. The third kappa shape index (κ3) is 5.58. The van der Waals surface area contributed by atoms with Crippen molar-refractivity contribution in [2.75, 3.05) is 13.6 Å². The number of nitrogens with one attached hydrogen (secondary N) is 1. The van der Waals surface area contributed by atoms with Gasteiger partial charge in [-0.2, -0.15) is 0 Å². The summed E-state index contributed by atoms with van der Waals surface area (Å²) >= 11 is 0. The highest BCUT2D eigenvalue weighted by Gasteiger charge is 2.34. The van der Waals surface area contributed by atoms with Gasteiger partial charge in [-0.05, 0) is 19.3 Å². The number of aliphatic carboxylic acids is 1. The van der Waals surface area contributed by atoms with Crippen LogP contribution in [0.4, 0.5) is 4.79 Å². The zero-order chi connectivity index (χ0) is 16.0. The van der Waals surface area contributed by atoms with Gasteiger partial charge in [0.2, 0.25) is 5.91 Å². The van der Waals surface area contributed by atoms with E-state index >= 15 is 0 Å². The summed E-state index contributed by atoms with van der Waals surface area (Å²) in [6.45, 7) is 0.154. The zero-order valence-electron chi connectivity index (χ0n) is 12.2. The van der Waals surface area contributed by atoms with Crippen molar-refractivity contribution in [3.8, 4) is 0 Å². The van der Waals surface area contributed by atoms with Crippen molar-refractivity contribution in [1.82, 2.24) is 10.2 Å². The fourth-order valence-corrected chi connectivity index (χ4v) is 2.51. The molecule has 0 saturated heterocycles. The quantitative estimate of drug-likeness (QED) is 0.510. The lowest BCUT2D eigenvalue weighted by Crippen LogP contribution is -2.50. The Kier molecular flexibility index (Phi) is 5.95. The summed E-state index contributed by atoms with van der Waals surface area (Å²) in [6.07, 6.45) is 2.92. The van der Waals surface area contributed by atoms with E-state index in [4.69, 9.17) is 10.8 Å². The molecule has 0 aromatic carbocycles. The number of primary amides is 1. The maximum absolute atomic E-state index is 12.0. The van der Waals surface area contributed by atoms with Gasteiger partial charge in [0.25, 0.3) is 0 Å². The molecule has 0 spiro atoms. The molecule has 8 heteroatoms. The second-order valence-electron chi connectivity index (χ2n) is 5.63. The smallest absolute Gasteiger partial charge is 0.326 e. The molecular weight excluding hydrogens is 278 g/mol. The van der Waals surface area contributed by atoms with Gasteiger partial charge in [0.15, 0.2) is 0 Å². The topological polar surface area (TPSA) is 133 Å². The maximum Gasteiger partial charge on any atom is 0.326 e. The van der Waals surface area contributed by atoms with Crippen LogP contribution in [-0.4, -0.2) is 58.3 Å². The van der Waals surface area contributed by atoms with Crippen LogP contribution in [-0.2, 0) is 9.59 Å². The van der Waals surface area contributed by atoms with E-state index in [1.54, 1.807) is 0 Å². The number of hydrogen-bond acceptors (Lipinski definition) is 4. The third-order valence-corrected chi connectivity index (χ3v) is 3.69. The van der Waals surface area contributed by atoms with Gasteiger partial charge in [-0.3, -0.25) is 4.79 Å². The van der Waals surface area contributed by atoms with E-state index < -0.39 is 29.6 Å². The van der Waals surface area contributed by atoms with Crippen molar-refractivity contribution in [1.29, 1.82) is 0 Å². The van der Waals surface area contributed by atoms with E-state index in [1.807, 2.05) is 0 Å². The molecule has 1 fully saturated rings. The molecule has 120 valence electrons. The minimum absolute atomic E-state index is 0.0610. The highest BCUT2D eigenvalue weighted by molar-refractivity contribution is 5.83. The summed E-state index contributed by atoms with van der Waals surface area (Å²) in [6, 6.07) is -1.77. The largest absolute Gasteiger partial charge is 0.480 e. The summed E-state index contributed by atoms with van der Waals surface area (Å²) in [5.74, 6) is -1.85. The van der Waals surface area contributed by atoms with Crippen LogP contribution in [0.2, 0.25) is 0 Å². The van der Waals surface area contributed by atoms with Crippen LogP contribution in [0.3, 0.4) is 0 Å². The molecule has 0 unspecified atom stereocenters. The Balaban J connectivity index is 2.51. The SMILES string of the molecule is CN(CC1(O)CCCC1)C(=O)N[C@@H](CCC(N)=O)C(=O)O. The van der Waals surface area contributed by atoms with Crippen LogP contribution in [0.15, 0.2) is 0 Å². The average Bonchev–Trinajstić information content (AvgIpc) is 2.79. The molecule has 0 radical (unpaired) electrons. The number of carboxylic acid groups (broad SMARTS) is 1. The van der Waals surface area contributed by atoms with Gasteiger partial charge in [-0.15, -0.1) is 0 Å². The van der Waals surface area contributed by atoms with Gasteiger partial charge in [0.1, 0.15) is 6.04 Å². The molecule has 0 aliphatic heterocycles. The standard InChI is InChI=1S/C13H23N3O5/c1-16(8-13(21)6-2-3-7-13)12(20)15-9(11(18)19)4-5-10(14)17/h9,21H,2-8H2,1H3,(H2,14,17)(H,15,20)(H,18,19)/t9-/m0/s1. The summed E-state index contributed by atoms with van der Waals surface area (Å²) in [5.41, 5.74) is 4.08. The van der Waals surface area contributed by atoms with Gasteiger partial charge < -0.3 is 26.2 Å². The van der Waals surface area contributed by atoms with Crippen LogP contribution in [0.1, 0.15) is 38.5 Å². The first-order valence-electron chi connectivity index (χ1n) is 6.99. The Labute approximate surface area is 123 Å². The Bertz CT molecular complexity index is 407. The number of rotatable bonds is 7. The highest BCUT2D eigenvalue weighted by Crippen LogP contribution is 2.29. The maximum atomic E-state index is 12.0. The number of carbonyl (C=O) groups excluding carboxylic acids is 2. The predicted molar refractivity (Wildman–Crippen MR) is 74.4 cm³/mol. The van der Waals surface area contributed by atoms with Crippen molar-refractivity contribution in [3.05, 3.63) is 0 Å². The highest BCUT2D eigenvalue weighted by atomic mass is 16.4. The first-order chi connectivity index (χ1) is 9.73. The molecule has 0 bridgehead atoms. The number of amides is 3. The molecule has 8 nitrogen and oxygen atoms in total. The number of aliphatic hydroxyl groups is 1. The van der Waals surface area contributed by atoms with E-state index in [0.29, 0.717) is 12.8 Å². The molecule has 1 saturated carbocycles. The summed E-state index contributed by atoms with van der Waals surface area (Å²) in [4.78, 5) is 35.0. The normalized spacial score (nSPS) is 18.0. The molecule has 0 aromatic heterocycles. The molecule has 1 aliphatic rings. The van der Waals surface area contributed by atoms with E-state index in [2.05, 4.69) is 5.32 Å². The number of nitrogens with zero attached hydrogens (tertiary/aromatic N) is 1. The zero-order valence-corrected chi connectivity index (χ0v) is 12.2. The second-order valence-corrected chi connectivity index (χ2v) is 5.63. The summed E-state index contributed by atoms with van der Waals surface area (Å²) < 4.78 is 0. The molecule has 1 rings (SSSR count). The van der Waals surface area contributed by atoms with E-state index in [0.717, 1.165) is 12.8 Å². The number of likely N-dealkylation sites (N-methyl/N-ethyl adjacent to an activating group) is 1. The van der Waals surface area contributed by atoms with Crippen LogP contribution >= 0.6 is 0 Å². The minimum atomic E-state index is -1.22. The number of hydrogen-bond donors (Lipinski definition) is 4. The van der Waals surface area contributed by atoms with Crippen LogP contribution in [0.25, 0.3) is 0 Å². The number of nitrogens with two attached hydrogens (primary N) is 1. The fourth-order valence-electron chi connectivity index (χ4n) is 2.51. The van der Waals surface area contributed by atoms with Gasteiger partial charge in [-0.1, -0.05) is 12.8 Å². The van der Waals surface area contributed by atoms with Crippen molar-refractivity contribution in [3.63, 3.8) is 0 Å². The molecular formula is C13H23N3O5. The summed E-state index contributed by atoms with van der Waals surface area (Å²) in [7, 11) is 1.50. The minimum Gasteiger partial charge on any atom is -0.480 e. The first kappa shape index (κ1) is 17.2. The molecule has 1 atom stereocenters. The first-order valence-corrected chi connectivity index (χ1v) is 6.99. The van der Waals surface area contributed by atoms with E-state index in [-0.39, 0.29) is 19.4 Å². The lowest BCUT2D eigenvalue weighted by atomic mass is 10.0. The molecule has 21 heavy (non-hydrogen) atoms. The number of urea groups is 1. The van der Waals surface area contributed by atoms with Crippen LogP contribution in [0, 0.1) is 0 Å². The third-order valence-electron chi connectivity index (χ3n) is 3.69. The Hall–Kier alpha value is -1.83. The number of carbonyl (C=O) groups is 3. The Morgan fingerprint density at radius 3 is 2.38 bits per heavy atom. The van der Waals surface area contributed by atoms with Gasteiger partial charge in [-0.25, -0.2) is 9.59 Å². The van der Waals surface area contributed by atoms with Crippen molar-refractivity contribution in [2.45, 2.75) is 50.2 Å². The molecule has 3 amide bonds. The lowest BCUT2D eigenvalue weighted by molar-refractivity contribution is -0.139. The fraction of sp³-hybridized carbons (Fsp3) is 0.769. The monoisotopic (exact) mass is 301 g/mol. The van der Waals surface area contributed by atoms with Gasteiger partial charge in [0, 0.05) is 13.5 Å². The van der Waals surface area contributed by atoms with Crippen molar-refractivity contribution < 1.29 is 24.6 Å². The molecule has 1 aliphatic carbocycles. The number of carboxylic acids is 1. The van der Waals surface area contributed by atoms with Gasteiger partial charge in [0.05, 0.1) is 12.1 Å². The Morgan fingerprint density at radius 1 is 1.33 bits per heavy atom. The second kappa shape index (κ2) is 7.26. The molecule has 5 N–H and O–H groups in total. The van der Waals surface area contributed by atoms with E-state index in [9.17, 15) is 19.5 Å². The Morgan fingerprint density at radius 2 is 1.90 bits per heavy atom. The van der Waals surface area contributed by atoms with Crippen molar-refractivity contribution >= 4 is 17.9 Å². The predicted octanol–water partition coefficient (Wildman–Crippen LogP) is -0.348. The molecule has 0 heterocycles. The van der Waals surface area contributed by atoms with Crippen LogP contribution in [0.5, 0.6) is 0 Å². The lowest BCUT2D eigenvalue weighted by Gasteiger charge is -2.29.